The number of ketones is 1. The zero-order chi connectivity index (χ0) is 34.1. The molecule has 2 heterocycles. The number of rotatable bonds is 13. The highest BCUT2D eigenvalue weighted by Gasteiger charge is 2.46. The Kier molecular flexibility index (Phi) is 13.6. The van der Waals surface area contributed by atoms with E-state index in [4.69, 9.17) is 0 Å². The Hall–Kier alpha value is -3.44. The summed E-state index contributed by atoms with van der Waals surface area (Å²) in [6, 6.07) is -2.71. The highest BCUT2D eigenvalue weighted by Crippen LogP contribution is 2.33. The fourth-order valence-corrected chi connectivity index (χ4v) is 5.88. The highest BCUT2D eigenvalue weighted by atomic mass is 16.2. The molecule has 0 aliphatic carbocycles. The molecule has 0 aromatic rings. The first kappa shape index (κ1) is 37.7. The number of nitrogens with zero attached hydrogens (tertiary/aromatic N) is 2. The monoisotopic (exact) mass is 632 g/mol. The fraction of sp³-hybridized carbons (Fsp3) is 0.758. The molecule has 2 fully saturated rings. The Morgan fingerprint density at radius 3 is 2.18 bits per heavy atom. The summed E-state index contributed by atoms with van der Waals surface area (Å²) in [5.41, 5.74) is -1.07. The van der Waals surface area contributed by atoms with E-state index in [1.807, 2.05) is 55.4 Å². The van der Waals surface area contributed by atoms with Crippen molar-refractivity contribution in [3.63, 3.8) is 0 Å². The third-order valence-corrected chi connectivity index (χ3v) is 8.50. The number of piperidine rings is 1. The van der Waals surface area contributed by atoms with Gasteiger partial charge in [-0.1, -0.05) is 61.5 Å². The minimum Gasteiger partial charge on any atom is -0.347 e. The molecule has 12 heteroatoms. The Morgan fingerprint density at radius 1 is 0.956 bits per heavy atom. The molecule has 12 nitrogen and oxygen atoms in total. The summed E-state index contributed by atoms with van der Waals surface area (Å²) in [6.45, 7) is 20.1. The molecule has 0 radical (unpaired) electrons. The summed E-state index contributed by atoms with van der Waals surface area (Å²) < 4.78 is 0. The average Bonchev–Trinajstić information content (AvgIpc) is 3.35. The van der Waals surface area contributed by atoms with Gasteiger partial charge < -0.3 is 31.1 Å². The van der Waals surface area contributed by atoms with Crippen LogP contribution in [0.15, 0.2) is 12.7 Å². The van der Waals surface area contributed by atoms with Crippen LogP contribution in [0.5, 0.6) is 0 Å². The van der Waals surface area contributed by atoms with Crippen LogP contribution in [0.1, 0.15) is 87.5 Å². The number of nitrogens with one attached hydrogen (secondary N) is 4. The topological polar surface area (TPSA) is 157 Å². The highest BCUT2D eigenvalue weighted by molar-refractivity contribution is 6.37. The van der Waals surface area contributed by atoms with E-state index < -0.39 is 53.6 Å². The first-order valence-corrected chi connectivity index (χ1v) is 16.2. The molecule has 2 aliphatic rings. The van der Waals surface area contributed by atoms with Gasteiger partial charge in [0.15, 0.2) is 0 Å². The molecule has 0 aromatic heterocycles. The van der Waals surface area contributed by atoms with E-state index in [2.05, 4.69) is 27.8 Å². The lowest BCUT2D eigenvalue weighted by atomic mass is 9.84. The van der Waals surface area contributed by atoms with Crippen molar-refractivity contribution < 1.29 is 28.8 Å². The molecular weight excluding hydrogens is 576 g/mol. The summed E-state index contributed by atoms with van der Waals surface area (Å²) >= 11 is 0. The van der Waals surface area contributed by atoms with Crippen LogP contribution in [0.2, 0.25) is 0 Å². The molecule has 2 rings (SSSR count). The largest absolute Gasteiger partial charge is 0.347 e. The minimum absolute atomic E-state index is 0.0776. The van der Waals surface area contributed by atoms with Crippen molar-refractivity contribution in [2.45, 2.75) is 106 Å². The van der Waals surface area contributed by atoms with Gasteiger partial charge in [-0.05, 0) is 48.3 Å². The lowest BCUT2D eigenvalue weighted by Gasteiger charge is -2.39. The average molecular weight is 633 g/mol. The first-order chi connectivity index (χ1) is 20.9. The maximum Gasteiger partial charge on any atom is 0.315 e. The van der Waals surface area contributed by atoms with Gasteiger partial charge in [-0.3, -0.25) is 24.0 Å². The maximum absolute atomic E-state index is 14.2. The minimum atomic E-state index is -0.964. The summed E-state index contributed by atoms with van der Waals surface area (Å²) in [4.78, 5) is 81.3. The van der Waals surface area contributed by atoms with Crippen LogP contribution in [-0.4, -0.2) is 96.1 Å². The molecule has 4 N–H and O–H groups in total. The van der Waals surface area contributed by atoms with Crippen LogP contribution < -0.4 is 21.3 Å². The molecular formula is C33H56N6O6. The molecule has 254 valence electrons. The van der Waals surface area contributed by atoms with Gasteiger partial charge in [0.25, 0.3) is 5.91 Å². The van der Waals surface area contributed by atoms with Crippen LogP contribution >= 0.6 is 0 Å². The standard InChI is InChI=1S/C33H56N6O6/c1-10-15-34-28(42)23(40)19-35-29(43)26-22(18-21(2)3)14-17-39(26)30(44)27(33(7,8)9)37-31(45)36-24(32(4,5)6)20-38-16-12-11-13-25(38)41/h10,21-22,24,26-27H,1,11-20H2,2-9H3,(H,34,42)(H,35,43)(H2,36,37,45)/t22-,24-,26+,27-/m1/s1. The number of urea groups is 1. The zero-order valence-electron chi connectivity index (χ0n) is 28.6. The van der Waals surface area contributed by atoms with E-state index in [1.54, 1.807) is 4.90 Å². The van der Waals surface area contributed by atoms with Crippen molar-refractivity contribution in [3.8, 4) is 0 Å². The number of hydrogen-bond acceptors (Lipinski definition) is 6. The summed E-state index contributed by atoms with van der Waals surface area (Å²) in [6.07, 6.45) is 5.02. The quantitative estimate of drug-likeness (QED) is 0.180. The maximum atomic E-state index is 14.2. The van der Waals surface area contributed by atoms with Gasteiger partial charge in [-0.15, -0.1) is 6.58 Å². The Labute approximate surface area is 268 Å². The number of amides is 6. The molecule has 45 heavy (non-hydrogen) atoms. The van der Waals surface area contributed by atoms with E-state index in [-0.39, 0.29) is 35.7 Å². The van der Waals surface area contributed by atoms with Crippen LogP contribution in [0, 0.1) is 22.7 Å². The number of Topliss-reactive ketones (excluding diaryl/α,β-unsaturated/α-hetero) is 1. The molecule has 2 aliphatic heterocycles. The van der Waals surface area contributed by atoms with E-state index >= 15 is 0 Å². The van der Waals surface area contributed by atoms with Crippen molar-refractivity contribution in [1.82, 2.24) is 31.1 Å². The third kappa shape index (κ3) is 11.1. The SMILES string of the molecule is C=CCNC(=O)C(=O)CNC(=O)[C@@H]1[C@@H](CC(C)C)CCN1C(=O)[C@@H](NC(=O)N[C@H](CN1CCCCC1=O)C(C)(C)C)C(C)(C)C. The van der Waals surface area contributed by atoms with Gasteiger partial charge >= 0.3 is 6.03 Å². The smallest absolute Gasteiger partial charge is 0.315 e. The summed E-state index contributed by atoms with van der Waals surface area (Å²) in [5, 5.41) is 10.9. The molecule has 0 saturated carbocycles. The molecule has 2 saturated heterocycles. The Morgan fingerprint density at radius 2 is 1.62 bits per heavy atom. The van der Waals surface area contributed by atoms with E-state index in [1.165, 1.54) is 11.0 Å². The van der Waals surface area contributed by atoms with E-state index in [0.29, 0.717) is 38.9 Å². The summed E-state index contributed by atoms with van der Waals surface area (Å²) in [7, 11) is 0. The van der Waals surface area contributed by atoms with Gasteiger partial charge in [-0.25, -0.2) is 4.79 Å². The van der Waals surface area contributed by atoms with Crippen molar-refractivity contribution in [3.05, 3.63) is 12.7 Å². The van der Waals surface area contributed by atoms with Gasteiger partial charge in [0.2, 0.25) is 23.5 Å². The lowest BCUT2D eigenvalue weighted by molar-refractivity contribution is -0.143. The van der Waals surface area contributed by atoms with E-state index in [9.17, 15) is 28.8 Å². The van der Waals surface area contributed by atoms with Crippen LogP contribution in [0.4, 0.5) is 4.79 Å². The normalized spacial score (nSPS) is 20.3. The van der Waals surface area contributed by atoms with Gasteiger partial charge in [0.05, 0.1) is 12.6 Å². The predicted molar refractivity (Wildman–Crippen MR) is 173 cm³/mol. The molecule has 0 unspecified atom stereocenters. The Bertz CT molecular complexity index is 1110. The van der Waals surface area contributed by atoms with Crippen molar-refractivity contribution in [1.29, 1.82) is 0 Å². The van der Waals surface area contributed by atoms with E-state index in [0.717, 1.165) is 12.8 Å². The Balaban J connectivity index is 2.24. The third-order valence-electron chi connectivity index (χ3n) is 8.50. The lowest BCUT2D eigenvalue weighted by Crippen LogP contribution is -2.62. The number of carbonyl (C=O) groups is 6. The molecule has 0 aromatic carbocycles. The fourth-order valence-electron chi connectivity index (χ4n) is 5.88. The first-order valence-electron chi connectivity index (χ1n) is 16.2. The molecule has 4 atom stereocenters. The van der Waals surface area contributed by atoms with Crippen LogP contribution in [-0.2, 0) is 24.0 Å². The van der Waals surface area contributed by atoms with Gasteiger partial charge in [0.1, 0.15) is 12.1 Å². The predicted octanol–water partition coefficient (Wildman–Crippen LogP) is 2.38. The van der Waals surface area contributed by atoms with Crippen LogP contribution in [0.3, 0.4) is 0 Å². The van der Waals surface area contributed by atoms with Gasteiger partial charge in [-0.2, -0.15) is 0 Å². The zero-order valence-corrected chi connectivity index (χ0v) is 28.6. The van der Waals surface area contributed by atoms with Gasteiger partial charge in [0, 0.05) is 32.6 Å². The number of carbonyl (C=O) groups excluding carboxylic acids is 6. The molecule has 0 spiro atoms. The molecule has 6 amide bonds. The van der Waals surface area contributed by atoms with Crippen molar-refractivity contribution in [2.24, 2.45) is 22.7 Å². The van der Waals surface area contributed by atoms with Crippen molar-refractivity contribution >= 4 is 35.4 Å². The second-order valence-electron chi connectivity index (χ2n) is 14.9. The van der Waals surface area contributed by atoms with Crippen molar-refractivity contribution in [2.75, 3.05) is 32.7 Å². The summed E-state index contributed by atoms with van der Waals surface area (Å²) in [5.74, 6) is -2.34. The second-order valence-corrected chi connectivity index (χ2v) is 14.9. The van der Waals surface area contributed by atoms with Crippen LogP contribution in [0.25, 0.3) is 0 Å². The number of hydrogen-bond donors (Lipinski definition) is 4. The molecule has 0 bridgehead atoms. The number of likely N-dealkylation sites (tertiary alicyclic amines) is 2. The second kappa shape index (κ2) is 16.2.